The van der Waals surface area contributed by atoms with Crippen molar-refractivity contribution in [3.63, 3.8) is 0 Å². The van der Waals surface area contributed by atoms with Crippen LogP contribution in [0.4, 0.5) is 11.4 Å². The Bertz CT molecular complexity index is 586. The highest BCUT2D eigenvalue weighted by Gasteiger charge is 2.22. The van der Waals surface area contributed by atoms with E-state index in [-0.39, 0.29) is 10.6 Å². The van der Waals surface area contributed by atoms with E-state index in [4.69, 9.17) is 5.73 Å². The van der Waals surface area contributed by atoms with E-state index < -0.39 is 10.0 Å². The molecule has 0 aliphatic heterocycles. The van der Waals surface area contributed by atoms with Gasteiger partial charge >= 0.3 is 0 Å². The summed E-state index contributed by atoms with van der Waals surface area (Å²) in [6.45, 7) is 0. The van der Waals surface area contributed by atoms with E-state index in [0.717, 1.165) is 12.8 Å². The van der Waals surface area contributed by atoms with E-state index in [0.29, 0.717) is 11.7 Å². The highest BCUT2D eigenvalue weighted by Crippen LogP contribution is 2.29. The van der Waals surface area contributed by atoms with Crippen molar-refractivity contribution in [3.05, 3.63) is 30.4 Å². The molecule has 0 spiro atoms. The smallest absolute Gasteiger partial charge is 0.244 e. The summed E-state index contributed by atoms with van der Waals surface area (Å²) in [4.78, 5) is 0.147. The predicted molar refractivity (Wildman–Crippen MR) is 77.5 cm³/mol. The molecule has 0 heterocycles. The van der Waals surface area contributed by atoms with E-state index in [1.54, 1.807) is 6.07 Å². The van der Waals surface area contributed by atoms with Gasteiger partial charge < -0.3 is 11.1 Å². The van der Waals surface area contributed by atoms with Crippen LogP contribution in [0, 0.1) is 0 Å². The van der Waals surface area contributed by atoms with Crippen LogP contribution in [-0.4, -0.2) is 32.9 Å². The fraction of sp³-hybridized carbons (Fsp3) is 0.385. The maximum absolute atomic E-state index is 12.1. The number of nitrogens with two attached hydrogens (primary N) is 1. The van der Waals surface area contributed by atoms with Gasteiger partial charge in [-0.05, 0) is 25.0 Å². The first-order chi connectivity index (χ1) is 8.93. The molecule has 2 rings (SSSR count). The minimum absolute atomic E-state index is 0.147. The molecule has 3 N–H and O–H groups in total. The number of hydrogen-bond donors (Lipinski definition) is 2. The topological polar surface area (TPSA) is 75.4 Å². The third-order valence-electron chi connectivity index (χ3n) is 3.19. The molecule has 1 aromatic rings. The molecule has 0 atom stereocenters. The van der Waals surface area contributed by atoms with Crippen LogP contribution in [-0.2, 0) is 10.0 Å². The fourth-order valence-corrected chi connectivity index (χ4v) is 3.08. The third-order valence-corrected chi connectivity index (χ3v) is 5.07. The summed E-state index contributed by atoms with van der Waals surface area (Å²) in [6, 6.07) is 5.34. The van der Waals surface area contributed by atoms with Crippen molar-refractivity contribution in [2.75, 3.05) is 25.1 Å². The second kappa shape index (κ2) is 5.22. The molecule has 0 saturated heterocycles. The lowest BCUT2D eigenvalue weighted by Crippen LogP contribution is -2.24. The molecule has 0 radical (unpaired) electrons. The van der Waals surface area contributed by atoms with E-state index in [2.05, 4.69) is 17.5 Å². The Labute approximate surface area is 114 Å². The highest BCUT2D eigenvalue weighted by atomic mass is 32.2. The Morgan fingerprint density at radius 2 is 1.89 bits per heavy atom. The summed E-state index contributed by atoms with van der Waals surface area (Å²) >= 11 is 0. The van der Waals surface area contributed by atoms with Gasteiger partial charge in [-0.3, -0.25) is 0 Å². The lowest BCUT2D eigenvalue weighted by atomic mass is 10.2. The molecule has 5 nitrogen and oxygen atoms in total. The van der Waals surface area contributed by atoms with Gasteiger partial charge in [0.15, 0.2) is 0 Å². The van der Waals surface area contributed by atoms with Gasteiger partial charge in [0.2, 0.25) is 10.0 Å². The molecule has 0 unspecified atom stereocenters. The second-order valence-corrected chi connectivity index (χ2v) is 6.91. The summed E-state index contributed by atoms with van der Waals surface area (Å²) in [5, 5.41) is 3.29. The Kier molecular flexibility index (Phi) is 3.82. The molecule has 0 bridgehead atoms. The van der Waals surface area contributed by atoms with Gasteiger partial charge in [-0.15, -0.1) is 0 Å². The average Bonchev–Trinajstić information content (AvgIpc) is 2.84. The van der Waals surface area contributed by atoms with Crippen molar-refractivity contribution < 1.29 is 8.42 Å². The third kappa shape index (κ3) is 2.74. The minimum atomic E-state index is -3.51. The summed E-state index contributed by atoms with van der Waals surface area (Å²) in [5.41, 5.74) is 6.95. The lowest BCUT2D eigenvalue weighted by molar-refractivity contribution is 0.521. The first kappa shape index (κ1) is 13.9. The fourth-order valence-electron chi connectivity index (χ4n) is 2.05. The molecule has 0 aromatic heterocycles. The summed E-state index contributed by atoms with van der Waals surface area (Å²) in [5.74, 6) is 0. The summed E-state index contributed by atoms with van der Waals surface area (Å²) < 4.78 is 25.5. The van der Waals surface area contributed by atoms with Crippen molar-refractivity contribution in [3.8, 4) is 0 Å². The van der Waals surface area contributed by atoms with Crippen LogP contribution in [0.25, 0.3) is 0 Å². The number of nitrogen functional groups attached to an aromatic ring is 1. The Morgan fingerprint density at radius 1 is 1.26 bits per heavy atom. The number of benzene rings is 1. The molecule has 1 aliphatic carbocycles. The Morgan fingerprint density at radius 3 is 2.47 bits per heavy atom. The molecule has 104 valence electrons. The number of anilines is 2. The molecule has 0 amide bonds. The first-order valence-electron chi connectivity index (χ1n) is 6.15. The Balaban J connectivity index is 2.33. The van der Waals surface area contributed by atoms with Gasteiger partial charge in [-0.25, -0.2) is 12.7 Å². The second-order valence-electron chi connectivity index (χ2n) is 4.79. The molecule has 0 fully saturated rings. The highest BCUT2D eigenvalue weighted by molar-refractivity contribution is 7.89. The average molecular weight is 281 g/mol. The maximum Gasteiger partial charge on any atom is 0.244 e. The molecular weight excluding hydrogens is 262 g/mol. The molecule has 19 heavy (non-hydrogen) atoms. The van der Waals surface area contributed by atoms with Crippen LogP contribution in [0.1, 0.15) is 12.8 Å². The van der Waals surface area contributed by atoms with Gasteiger partial charge in [0, 0.05) is 20.1 Å². The maximum atomic E-state index is 12.1. The van der Waals surface area contributed by atoms with Crippen molar-refractivity contribution in [2.24, 2.45) is 0 Å². The van der Waals surface area contributed by atoms with Gasteiger partial charge in [0.25, 0.3) is 0 Å². The predicted octanol–water partition coefficient (Wildman–Crippen LogP) is 1.65. The molecule has 1 aliphatic rings. The van der Waals surface area contributed by atoms with Gasteiger partial charge in [0.05, 0.1) is 11.4 Å². The van der Waals surface area contributed by atoms with Crippen molar-refractivity contribution in [1.29, 1.82) is 0 Å². The number of nitrogens with zero attached hydrogens (tertiary/aromatic N) is 1. The van der Waals surface area contributed by atoms with E-state index in [9.17, 15) is 8.42 Å². The largest absolute Gasteiger partial charge is 0.396 e. The number of nitrogens with one attached hydrogen (secondary N) is 1. The monoisotopic (exact) mass is 281 g/mol. The number of sulfonamides is 1. The van der Waals surface area contributed by atoms with Crippen LogP contribution < -0.4 is 11.1 Å². The molecule has 6 heteroatoms. The van der Waals surface area contributed by atoms with Crippen molar-refractivity contribution in [1.82, 2.24) is 4.31 Å². The first-order valence-corrected chi connectivity index (χ1v) is 7.59. The minimum Gasteiger partial charge on any atom is -0.396 e. The molecule has 1 aromatic carbocycles. The van der Waals surface area contributed by atoms with Crippen LogP contribution >= 0.6 is 0 Å². The quantitative estimate of drug-likeness (QED) is 0.650. The number of rotatable bonds is 4. The van der Waals surface area contributed by atoms with Crippen LogP contribution in [0.3, 0.4) is 0 Å². The van der Waals surface area contributed by atoms with Crippen LogP contribution in [0.15, 0.2) is 35.2 Å². The zero-order valence-corrected chi connectivity index (χ0v) is 11.9. The zero-order valence-electron chi connectivity index (χ0n) is 11.1. The van der Waals surface area contributed by atoms with Crippen LogP contribution in [0.2, 0.25) is 0 Å². The standard InChI is InChI=1S/C13H19N3O2S/c1-16(2)19(17,18)12-9-5-8-11(13(12)14)15-10-6-3-4-7-10/h3-5,8-10,15H,6-7,14H2,1-2H3. The van der Waals surface area contributed by atoms with E-state index in [1.807, 2.05) is 6.07 Å². The normalized spacial score (nSPS) is 16.2. The van der Waals surface area contributed by atoms with Gasteiger partial charge in [-0.1, -0.05) is 18.2 Å². The lowest BCUT2D eigenvalue weighted by Gasteiger charge is -2.19. The van der Waals surface area contributed by atoms with Crippen molar-refractivity contribution >= 4 is 21.4 Å². The number of para-hydroxylation sites is 1. The molecule has 0 saturated carbocycles. The van der Waals surface area contributed by atoms with E-state index >= 15 is 0 Å². The zero-order chi connectivity index (χ0) is 14.0. The summed E-state index contributed by atoms with van der Waals surface area (Å²) in [7, 11) is -0.519. The van der Waals surface area contributed by atoms with Gasteiger partial charge in [0.1, 0.15) is 4.90 Å². The number of hydrogen-bond acceptors (Lipinski definition) is 4. The van der Waals surface area contributed by atoms with Gasteiger partial charge in [-0.2, -0.15) is 0 Å². The van der Waals surface area contributed by atoms with Crippen LogP contribution in [0.5, 0.6) is 0 Å². The SMILES string of the molecule is CN(C)S(=O)(=O)c1cccc(NC2CC=CC2)c1N. The summed E-state index contributed by atoms with van der Waals surface area (Å²) in [6.07, 6.45) is 6.08. The Hall–Kier alpha value is -1.53. The molecular formula is C13H19N3O2S. The van der Waals surface area contributed by atoms with Crippen molar-refractivity contribution in [2.45, 2.75) is 23.8 Å². The van der Waals surface area contributed by atoms with E-state index in [1.165, 1.54) is 24.5 Å².